The standard InChI is InChI=1S/C32H29F7N4O3S/c1-19(42(17-20-10-13-47-14-11-20)27(44)16-21-4-9-26(33)25(15-21)32(37,38)39)29-41-28-24(3-2-12-40-28)30(45)43(29)22-5-7-23(8-6-22)46-18-31(34,35)36/h2-9,12,15,19-20H,10-11,13-14,16-18H2,1H3/t19-/m1/s1. The van der Waals surface area contributed by atoms with Crippen LogP contribution < -0.4 is 10.3 Å². The van der Waals surface area contributed by atoms with Crippen molar-refractivity contribution in [2.75, 3.05) is 24.7 Å². The number of fused-ring (bicyclic) bond motifs is 1. The van der Waals surface area contributed by atoms with Gasteiger partial charge in [0, 0.05) is 12.7 Å². The zero-order valence-corrected chi connectivity index (χ0v) is 25.8. The third-order valence-corrected chi connectivity index (χ3v) is 8.86. The van der Waals surface area contributed by atoms with Gasteiger partial charge >= 0.3 is 12.4 Å². The second-order valence-corrected chi connectivity index (χ2v) is 12.4. The highest BCUT2D eigenvalue weighted by Crippen LogP contribution is 2.33. The van der Waals surface area contributed by atoms with E-state index in [9.17, 15) is 40.3 Å². The highest BCUT2D eigenvalue weighted by Gasteiger charge is 2.35. The van der Waals surface area contributed by atoms with Crippen molar-refractivity contribution in [1.29, 1.82) is 0 Å². The fourth-order valence-electron chi connectivity index (χ4n) is 5.42. The van der Waals surface area contributed by atoms with Crippen molar-refractivity contribution in [2.24, 2.45) is 5.92 Å². The van der Waals surface area contributed by atoms with Gasteiger partial charge in [0.05, 0.1) is 29.1 Å². The van der Waals surface area contributed by atoms with Gasteiger partial charge < -0.3 is 9.64 Å². The minimum atomic E-state index is -4.96. The van der Waals surface area contributed by atoms with E-state index in [0.29, 0.717) is 12.1 Å². The minimum absolute atomic E-state index is 0.0416. The first-order valence-electron chi connectivity index (χ1n) is 14.6. The zero-order chi connectivity index (χ0) is 33.9. The molecule has 2 aromatic heterocycles. The molecule has 7 nitrogen and oxygen atoms in total. The SMILES string of the molecule is C[C@H](c1nc2ncccc2c(=O)n1-c1ccc(OCC(F)(F)F)cc1)N(CC1CCSCC1)C(=O)Cc1ccc(F)c(C(F)(F)F)c1. The van der Waals surface area contributed by atoms with E-state index in [2.05, 4.69) is 9.97 Å². The van der Waals surface area contributed by atoms with E-state index < -0.39 is 54.3 Å². The molecule has 250 valence electrons. The van der Waals surface area contributed by atoms with E-state index in [-0.39, 0.29) is 46.3 Å². The highest BCUT2D eigenvalue weighted by atomic mass is 32.2. The number of carbonyl (C=O) groups is 1. The lowest BCUT2D eigenvalue weighted by Gasteiger charge is -2.34. The average Bonchev–Trinajstić information content (AvgIpc) is 3.03. The number of alkyl halides is 6. The van der Waals surface area contributed by atoms with Gasteiger partial charge in [-0.25, -0.2) is 14.4 Å². The number of benzene rings is 2. The Balaban J connectivity index is 1.56. The molecule has 1 atom stereocenters. The normalized spacial score (nSPS) is 15.1. The molecule has 0 spiro atoms. The molecule has 1 saturated heterocycles. The van der Waals surface area contributed by atoms with Gasteiger partial charge in [0.1, 0.15) is 17.4 Å². The fraction of sp³-hybridized carbons (Fsp3) is 0.375. The second kappa shape index (κ2) is 13.9. The number of ether oxygens (including phenoxy) is 1. The number of hydrogen-bond donors (Lipinski definition) is 0. The summed E-state index contributed by atoms with van der Waals surface area (Å²) in [6, 6.07) is 9.86. The van der Waals surface area contributed by atoms with Gasteiger partial charge in [-0.2, -0.15) is 38.1 Å². The first kappa shape index (κ1) is 34.2. The summed E-state index contributed by atoms with van der Waals surface area (Å²) < 4.78 is 98.4. The number of halogens is 7. The van der Waals surface area contributed by atoms with Crippen molar-refractivity contribution in [3.8, 4) is 11.4 Å². The maximum absolute atomic E-state index is 14.0. The van der Waals surface area contributed by atoms with Gasteiger partial charge in [0.15, 0.2) is 12.3 Å². The van der Waals surface area contributed by atoms with Crippen molar-refractivity contribution in [3.63, 3.8) is 0 Å². The number of carbonyl (C=O) groups excluding carboxylic acids is 1. The smallest absolute Gasteiger partial charge is 0.422 e. The number of hydrogen-bond acceptors (Lipinski definition) is 6. The molecule has 0 N–H and O–H groups in total. The Morgan fingerprint density at radius 3 is 2.43 bits per heavy atom. The summed E-state index contributed by atoms with van der Waals surface area (Å²) in [5, 5.41) is 0.147. The van der Waals surface area contributed by atoms with E-state index in [1.807, 2.05) is 0 Å². The molecule has 47 heavy (non-hydrogen) atoms. The topological polar surface area (TPSA) is 77.3 Å². The van der Waals surface area contributed by atoms with Crippen LogP contribution in [0.2, 0.25) is 0 Å². The molecule has 4 aromatic rings. The third-order valence-electron chi connectivity index (χ3n) is 7.82. The van der Waals surface area contributed by atoms with Crippen LogP contribution in [0.3, 0.4) is 0 Å². The van der Waals surface area contributed by atoms with Crippen LogP contribution >= 0.6 is 11.8 Å². The lowest BCUT2D eigenvalue weighted by atomic mass is 10.00. The highest BCUT2D eigenvalue weighted by molar-refractivity contribution is 7.99. The summed E-state index contributed by atoms with van der Waals surface area (Å²) in [5.41, 5.74) is -1.76. The number of nitrogens with zero attached hydrogens (tertiary/aromatic N) is 4. The molecule has 2 aromatic carbocycles. The Bertz CT molecular complexity index is 1790. The Morgan fingerprint density at radius 2 is 1.77 bits per heavy atom. The summed E-state index contributed by atoms with van der Waals surface area (Å²) in [5.74, 6) is -0.240. The maximum Gasteiger partial charge on any atom is 0.422 e. The molecular weight excluding hydrogens is 653 g/mol. The van der Waals surface area contributed by atoms with E-state index in [0.717, 1.165) is 30.4 Å². The number of amides is 1. The summed E-state index contributed by atoms with van der Waals surface area (Å²) in [6.45, 7) is 0.344. The molecule has 0 saturated carbocycles. The largest absolute Gasteiger partial charge is 0.484 e. The zero-order valence-electron chi connectivity index (χ0n) is 24.9. The number of aromatic nitrogens is 3. The number of pyridine rings is 1. The molecule has 1 aliphatic heterocycles. The molecular formula is C32H29F7N4O3S. The van der Waals surface area contributed by atoms with Crippen molar-refractivity contribution in [1.82, 2.24) is 19.4 Å². The lowest BCUT2D eigenvalue weighted by Crippen LogP contribution is -2.41. The molecule has 5 rings (SSSR count). The molecule has 1 fully saturated rings. The van der Waals surface area contributed by atoms with E-state index in [4.69, 9.17) is 4.74 Å². The van der Waals surface area contributed by atoms with Crippen molar-refractivity contribution in [3.05, 3.63) is 93.9 Å². The van der Waals surface area contributed by atoms with Gasteiger partial charge in [-0.15, -0.1) is 0 Å². The summed E-state index contributed by atoms with van der Waals surface area (Å²) >= 11 is 1.77. The Morgan fingerprint density at radius 1 is 1.06 bits per heavy atom. The van der Waals surface area contributed by atoms with Crippen LogP contribution in [0, 0.1) is 11.7 Å². The second-order valence-electron chi connectivity index (χ2n) is 11.1. The first-order valence-corrected chi connectivity index (χ1v) is 15.8. The van der Waals surface area contributed by atoms with Crippen molar-refractivity contribution >= 4 is 28.7 Å². The van der Waals surface area contributed by atoms with Crippen LogP contribution in [-0.2, 0) is 17.4 Å². The molecule has 15 heteroatoms. The Kier molecular flexibility index (Phi) is 10.1. The van der Waals surface area contributed by atoms with E-state index in [1.165, 1.54) is 46.0 Å². The molecule has 3 heterocycles. The van der Waals surface area contributed by atoms with Gasteiger partial charge in [0.2, 0.25) is 5.91 Å². The quantitative estimate of drug-likeness (QED) is 0.175. The van der Waals surface area contributed by atoms with Crippen LogP contribution in [-0.4, -0.2) is 56.2 Å². The van der Waals surface area contributed by atoms with Gasteiger partial charge in [0.25, 0.3) is 5.56 Å². The van der Waals surface area contributed by atoms with E-state index >= 15 is 0 Å². The monoisotopic (exact) mass is 682 g/mol. The minimum Gasteiger partial charge on any atom is -0.484 e. The fourth-order valence-corrected chi connectivity index (χ4v) is 6.62. The third kappa shape index (κ3) is 8.24. The molecule has 0 aliphatic carbocycles. The van der Waals surface area contributed by atoms with Crippen LogP contribution in [0.1, 0.15) is 42.8 Å². The number of thioether (sulfide) groups is 1. The predicted molar refractivity (Wildman–Crippen MR) is 162 cm³/mol. The Labute approximate surface area is 268 Å². The summed E-state index contributed by atoms with van der Waals surface area (Å²) in [6.07, 6.45) is -6.97. The number of rotatable bonds is 9. The molecule has 0 radical (unpaired) electrons. The summed E-state index contributed by atoms with van der Waals surface area (Å²) in [4.78, 5) is 38.1. The van der Waals surface area contributed by atoms with Crippen LogP contribution in [0.25, 0.3) is 16.7 Å². The van der Waals surface area contributed by atoms with Crippen molar-refractivity contribution < 1.29 is 40.3 Å². The molecule has 1 aliphatic rings. The van der Waals surface area contributed by atoms with Gasteiger partial charge in [-0.1, -0.05) is 6.07 Å². The molecule has 0 unspecified atom stereocenters. The van der Waals surface area contributed by atoms with Gasteiger partial charge in [-0.3, -0.25) is 14.2 Å². The predicted octanol–water partition coefficient (Wildman–Crippen LogP) is 7.16. The molecule has 0 bridgehead atoms. The lowest BCUT2D eigenvalue weighted by molar-refractivity contribution is -0.153. The van der Waals surface area contributed by atoms with Crippen molar-refractivity contribution in [2.45, 2.75) is 44.6 Å². The first-order chi connectivity index (χ1) is 22.2. The summed E-state index contributed by atoms with van der Waals surface area (Å²) in [7, 11) is 0. The van der Waals surface area contributed by atoms with Gasteiger partial charge in [-0.05, 0) is 91.3 Å². The Hall–Kier alpha value is -4.14. The maximum atomic E-state index is 14.0. The van der Waals surface area contributed by atoms with Crippen LogP contribution in [0.4, 0.5) is 30.7 Å². The average molecular weight is 683 g/mol. The van der Waals surface area contributed by atoms with Crippen LogP contribution in [0.5, 0.6) is 5.75 Å². The van der Waals surface area contributed by atoms with Crippen LogP contribution in [0.15, 0.2) is 65.6 Å². The molecule has 1 amide bonds. The van der Waals surface area contributed by atoms with E-state index in [1.54, 1.807) is 24.8 Å².